The first-order chi connectivity index (χ1) is 14.1. The second-order valence-corrected chi connectivity index (χ2v) is 11.8. The smallest absolute Gasteiger partial charge is 0.163 e. The molecule has 4 rings (SSSR count). The number of fused-ring (bicyclic) bond motifs is 1. The number of ether oxygens (including phenoxy) is 2. The van der Waals surface area contributed by atoms with E-state index in [1.165, 1.54) is 37.1 Å². The lowest BCUT2D eigenvalue weighted by atomic mass is 9.60. The van der Waals surface area contributed by atoms with Crippen molar-refractivity contribution in [1.82, 2.24) is 4.90 Å². The molecule has 0 radical (unpaired) electrons. The minimum absolute atomic E-state index is 0.368. The van der Waals surface area contributed by atoms with Gasteiger partial charge < -0.3 is 14.4 Å². The fourth-order valence-electron chi connectivity index (χ4n) is 6.45. The number of rotatable bonds is 4. The van der Waals surface area contributed by atoms with E-state index in [9.17, 15) is 0 Å². The van der Waals surface area contributed by atoms with Gasteiger partial charge in [0, 0.05) is 44.5 Å². The maximum absolute atomic E-state index is 6.01. The first-order valence-corrected chi connectivity index (χ1v) is 12.0. The molecule has 1 saturated carbocycles. The topological polar surface area (TPSA) is 24.9 Å². The van der Waals surface area contributed by atoms with Crippen LogP contribution in [0.5, 0.6) is 11.5 Å². The Balaban J connectivity index is 1.64. The largest absolute Gasteiger partial charge is 0.486 e. The van der Waals surface area contributed by atoms with Gasteiger partial charge in [-0.05, 0) is 53.6 Å². The molecule has 1 aromatic carbocycles. The van der Waals surface area contributed by atoms with Crippen LogP contribution in [0.2, 0.25) is 0 Å². The average molecular weight is 415 g/mol. The lowest BCUT2D eigenvalue weighted by Gasteiger charge is -2.46. The molecule has 0 unspecified atom stereocenters. The highest BCUT2D eigenvalue weighted by Crippen LogP contribution is 2.54. The second kappa shape index (κ2) is 8.26. The molecule has 0 bridgehead atoms. The summed E-state index contributed by atoms with van der Waals surface area (Å²) in [6.45, 7) is 21.4. The van der Waals surface area contributed by atoms with Gasteiger partial charge in [0.15, 0.2) is 11.5 Å². The van der Waals surface area contributed by atoms with Crippen molar-refractivity contribution < 1.29 is 9.47 Å². The van der Waals surface area contributed by atoms with Crippen LogP contribution in [0.15, 0.2) is 12.1 Å². The van der Waals surface area contributed by atoms with Gasteiger partial charge in [0.05, 0.1) is 0 Å². The molecule has 1 saturated heterocycles. The summed E-state index contributed by atoms with van der Waals surface area (Å²) in [5.41, 5.74) is 3.61. The molecule has 0 N–H and O–H groups in total. The van der Waals surface area contributed by atoms with Gasteiger partial charge >= 0.3 is 0 Å². The van der Waals surface area contributed by atoms with Crippen LogP contribution in [-0.2, 0) is 0 Å². The molecular weight excluding hydrogens is 372 g/mol. The van der Waals surface area contributed by atoms with E-state index < -0.39 is 0 Å². The van der Waals surface area contributed by atoms with Crippen LogP contribution in [0, 0.1) is 16.7 Å². The van der Waals surface area contributed by atoms with Crippen molar-refractivity contribution in [1.29, 1.82) is 0 Å². The van der Waals surface area contributed by atoms with Crippen molar-refractivity contribution in [2.24, 2.45) is 16.7 Å². The van der Waals surface area contributed by atoms with Gasteiger partial charge in [0.2, 0.25) is 0 Å². The zero-order valence-corrected chi connectivity index (χ0v) is 20.1. The van der Waals surface area contributed by atoms with E-state index in [-0.39, 0.29) is 0 Å². The zero-order chi connectivity index (χ0) is 21.5. The van der Waals surface area contributed by atoms with Gasteiger partial charge in [-0.3, -0.25) is 4.90 Å². The lowest BCUT2D eigenvalue weighted by molar-refractivity contribution is 0.0966. The summed E-state index contributed by atoms with van der Waals surface area (Å²) in [5, 5.41) is 0. The van der Waals surface area contributed by atoms with Crippen LogP contribution in [0.3, 0.4) is 0 Å². The summed E-state index contributed by atoms with van der Waals surface area (Å²) < 4.78 is 12.0. The van der Waals surface area contributed by atoms with E-state index in [0.29, 0.717) is 30.0 Å². The van der Waals surface area contributed by atoms with Crippen molar-refractivity contribution in [2.75, 3.05) is 50.8 Å². The predicted octanol–water partition coefficient (Wildman–Crippen LogP) is 5.56. The molecule has 168 valence electrons. The van der Waals surface area contributed by atoms with Crippen LogP contribution in [0.25, 0.3) is 0 Å². The molecule has 2 heterocycles. The Labute approximate surface area is 183 Å². The van der Waals surface area contributed by atoms with Gasteiger partial charge in [-0.25, -0.2) is 0 Å². The number of piperazine rings is 1. The van der Waals surface area contributed by atoms with Crippen molar-refractivity contribution in [3.05, 3.63) is 17.7 Å². The van der Waals surface area contributed by atoms with Gasteiger partial charge in [0.1, 0.15) is 13.2 Å². The van der Waals surface area contributed by atoms with E-state index >= 15 is 0 Å². The third-order valence-corrected chi connectivity index (χ3v) is 7.02. The van der Waals surface area contributed by atoms with Crippen LogP contribution < -0.4 is 14.4 Å². The Kier molecular flexibility index (Phi) is 6.00. The highest BCUT2D eigenvalue weighted by atomic mass is 16.6. The van der Waals surface area contributed by atoms with Crippen LogP contribution in [-0.4, -0.2) is 50.8 Å². The molecule has 3 aliphatic rings. The van der Waals surface area contributed by atoms with Crippen LogP contribution >= 0.6 is 0 Å². The zero-order valence-electron chi connectivity index (χ0n) is 20.1. The van der Waals surface area contributed by atoms with Gasteiger partial charge in [-0.1, -0.05) is 41.5 Å². The molecule has 0 amide bonds. The molecule has 4 nitrogen and oxygen atoms in total. The monoisotopic (exact) mass is 414 g/mol. The average Bonchev–Trinajstić information content (AvgIpc) is 2.65. The summed E-state index contributed by atoms with van der Waals surface area (Å²) in [7, 11) is 0. The Morgan fingerprint density at radius 1 is 0.900 bits per heavy atom. The summed E-state index contributed by atoms with van der Waals surface area (Å²) in [6, 6.07) is 4.61. The fourth-order valence-corrected chi connectivity index (χ4v) is 6.45. The second-order valence-electron chi connectivity index (χ2n) is 11.8. The normalized spacial score (nSPS) is 24.3. The SMILES string of the molecule is CC(C)CN1CCN(c2cc3c(cc2C2CC(C)(C)CC(C)(C)C2)OCCO3)CC1. The first-order valence-electron chi connectivity index (χ1n) is 12.0. The lowest BCUT2D eigenvalue weighted by Crippen LogP contribution is -2.48. The van der Waals surface area contributed by atoms with Crippen molar-refractivity contribution in [3.63, 3.8) is 0 Å². The number of hydrogen-bond donors (Lipinski definition) is 0. The Bertz CT molecular complexity index is 732. The number of hydrogen-bond acceptors (Lipinski definition) is 4. The van der Waals surface area contributed by atoms with Crippen molar-refractivity contribution in [3.8, 4) is 11.5 Å². The standard InChI is InChI=1S/C26H42N2O2/c1-19(2)17-27-7-9-28(10-8-27)22-14-24-23(29-11-12-30-24)13-21(22)20-15-25(3,4)18-26(5,6)16-20/h13-14,19-20H,7-12,15-18H2,1-6H3. The number of benzene rings is 1. The molecule has 2 fully saturated rings. The van der Waals surface area contributed by atoms with E-state index in [1.54, 1.807) is 0 Å². The summed E-state index contributed by atoms with van der Waals surface area (Å²) in [5.74, 6) is 3.18. The van der Waals surface area contributed by atoms with Gasteiger partial charge in [-0.15, -0.1) is 0 Å². The van der Waals surface area contributed by atoms with Crippen LogP contribution in [0.4, 0.5) is 5.69 Å². The number of nitrogens with zero attached hydrogens (tertiary/aromatic N) is 2. The number of anilines is 1. The molecule has 30 heavy (non-hydrogen) atoms. The van der Waals surface area contributed by atoms with Gasteiger partial charge in [0.25, 0.3) is 0 Å². The molecular formula is C26H42N2O2. The fraction of sp³-hybridized carbons (Fsp3) is 0.769. The Morgan fingerprint density at radius 2 is 1.47 bits per heavy atom. The van der Waals surface area contributed by atoms with E-state index in [1.807, 2.05) is 0 Å². The maximum Gasteiger partial charge on any atom is 0.163 e. The molecule has 0 spiro atoms. The predicted molar refractivity (Wildman–Crippen MR) is 125 cm³/mol. The minimum atomic E-state index is 0.368. The highest BCUT2D eigenvalue weighted by molar-refractivity contribution is 5.64. The first kappa shape index (κ1) is 21.8. The van der Waals surface area contributed by atoms with Crippen molar-refractivity contribution >= 4 is 5.69 Å². The molecule has 0 aromatic heterocycles. The van der Waals surface area contributed by atoms with E-state index in [4.69, 9.17) is 9.47 Å². The molecule has 4 heteroatoms. The Hall–Kier alpha value is -1.42. The molecule has 0 atom stereocenters. The van der Waals surface area contributed by atoms with Crippen LogP contribution in [0.1, 0.15) is 72.3 Å². The molecule has 1 aromatic rings. The minimum Gasteiger partial charge on any atom is -0.486 e. The summed E-state index contributed by atoms with van der Waals surface area (Å²) in [6.07, 6.45) is 3.79. The van der Waals surface area contributed by atoms with Crippen molar-refractivity contribution in [2.45, 2.75) is 66.7 Å². The van der Waals surface area contributed by atoms with Gasteiger partial charge in [-0.2, -0.15) is 0 Å². The summed E-state index contributed by atoms with van der Waals surface area (Å²) in [4.78, 5) is 5.23. The molecule has 1 aliphatic carbocycles. The third kappa shape index (κ3) is 4.90. The summed E-state index contributed by atoms with van der Waals surface area (Å²) >= 11 is 0. The maximum atomic E-state index is 6.01. The molecule has 2 aliphatic heterocycles. The van der Waals surface area contributed by atoms with E-state index in [0.717, 1.165) is 43.6 Å². The highest BCUT2D eigenvalue weighted by Gasteiger charge is 2.40. The Morgan fingerprint density at radius 3 is 2.03 bits per heavy atom. The quantitative estimate of drug-likeness (QED) is 0.644. The van der Waals surface area contributed by atoms with E-state index in [2.05, 4.69) is 63.5 Å². The third-order valence-electron chi connectivity index (χ3n) is 7.02.